The number of hydrogen-bond acceptors (Lipinski definition) is 3. The summed E-state index contributed by atoms with van der Waals surface area (Å²) < 4.78 is 13.6. The first-order valence-electron chi connectivity index (χ1n) is 5.60. The predicted molar refractivity (Wildman–Crippen MR) is 68.8 cm³/mol. The highest BCUT2D eigenvalue weighted by atomic mass is 32.1. The van der Waals surface area contributed by atoms with Crippen LogP contribution in [0.25, 0.3) is 0 Å². The van der Waals surface area contributed by atoms with E-state index in [0.29, 0.717) is 5.56 Å². The van der Waals surface area contributed by atoms with E-state index < -0.39 is 0 Å². The van der Waals surface area contributed by atoms with Crippen LogP contribution >= 0.6 is 11.3 Å². The first-order chi connectivity index (χ1) is 8.22. The van der Waals surface area contributed by atoms with Crippen molar-refractivity contribution in [2.45, 2.75) is 19.9 Å². The van der Waals surface area contributed by atoms with E-state index in [0.717, 1.165) is 17.8 Å². The molecule has 90 valence electrons. The van der Waals surface area contributed by atoms with Gasteiger partial charge in [-0.1, -0.05) is 19.1 Å². The number of halogens is 1. The van der Waals surface area contributed by atoms with Crippen molar-refractivity contribution in [1.82, 2.24) is 10.3 Å². The average molecular weight is 250 g/mol. The van der Waals surface area contributed by atoms with Crippen LogP contribution in [-0.2, 0) is 0 Å². The zero-order chi connectivity index (χ0) is 12.3. The summed E-state index contributed by atoms with van der Waals surface area (Å²) >= 11 is 1.55. The lowest BCUT2D eigenvalue weighted by atomic mass is 10.0. The Labute approximate surface area is 105 Å². The van der Waals surface area contributed by atoms with Crippen LogP contribution in [0.1, 0.15) is 29.8 Å². The number of benzene rings is 1. The molecule has 1 heterocycles. The summed E-state index contributed by atoms with van der Waals surface area (Å²) in [5, 5.41) is 5.32. The van der Waals surface area contributed by atoms with E-state index in [2.05, 4.69) is 10.3 Å². The standard InChI is InChI=1S/C13H15FN2S/c1-3-15-13(12-7-17-8-16-12)10-5-4-9(2)11(14)6-10/h4-8,13,15H,3H2,1-2H3. The van der Waals surface area contributed by atoms with E-state index in [1.54, 1.807) is 35.9 Å². The average Bonchev–Trinajstić information content (AvgIpc) is 2.83. The second-order valence-electron chi connectivity index (χ2n) is 3.91. The number of nitrogens with zero attached hydrogens (tertiary/aromatic N) is 1. The Balaban J connectivity index is 2.35. The Kier molecular flexibility index (Phi) is 3.86. The maximum Gasteiger partial charge on any atom is 0.126 e. The molecule has 0 spiro atoms. The van der Waals surface area contributed by atoms with Crippen molar-refractivity contribution in [1.29, 1.82) is 0 Å². The van der Waals surface area contributed by atoms with Crippen molar-refractivity contribution in [2.75, 3.05) is 6.54 Å². The van der Waals surface area contributed by atoms with Gasteiger partial charge in [0.25, 0.3) is 0 Å². The number of nitrogens with one attached hydrogen (secondary N) is 1. The normalized spacial score (nSPS) is 12.6. The van der Waals surface area contributed by atoms with Gasteiger partial charge in [-0.2, -0.15) is 0 Å². The molecule has 4 heteroatoms. The molecule has 2 rings (SSSR count). The van der Waals surface area contributed by atoms with Gasteiger partial charge in [0.1, 0.15) is 5.82 Å². The summed E-state index contributed by atoms with van der Waals surface area (Å²) in [7, 11) is 0. The van der Waals surface area contributed by atoms with Crippen molar-refractivity contribution in [3.63, 3.8) is 0 Å². The number of thiazole rings is 1. The molecule has 2 aromatic rings. The predicted octanol–water partition coefficient (Wildman–Crippen LogP) is 3.29. The fourth-order valence-corrected chi connectivity index (χ4v) is 2.33. The van der Waals surface area contributed by atoms with Crippen LogP contribution in [-0.4, -0.2) is 11.5 Å². The first kappa shape index (κ1) is 12.2. The van der Waals surface area contributed by atoms with Gasteiger partial charge in [-0.05, 0) is 30.7 Å². The van der Waals surface area contributed by atoms with Crippen molar-refractivity contribution in [3.05, 3.63) is 51.7 Å². The highest BCUT2D eigenvalue weighted by molar-refractivity contribution is 7.07. The fourth-order valence-electron chi connectivity index (χ4n) is 1.75. The maximum absolute atomic E-state index is 13.6. The SMILES string of the molecule is CCNC(c1ccc(C)c(F)c1)c1cscn1. The number of hydrogen-bond donors (Lipinski definition) is 1. The molecule has 1 aromatic carbocycles. The molecule has 0 amide bonds. The molecule has 0 aliphatic heterocycles. The topological polar surface area (TPSA) is 24.9 Å². The summed E-state index contributed by atoms with van der Waals surface area (Å²) in [4.78, 5) is 4.30. The molecule has 0 saturated carbocycles. The molecule has 1 atom stereocenters. The number of rotatable bonds is 4. The minimum atomic E-state index is -0.166. The van der Waals surface area contributed by atoms with E-state index in [4.69, 9.17) is 0 Å². The van der Waals surface area contributed by atoms with Gasteiger partial charge in [0.05, 0.1) is 17.2 Å². The molecule has 0 aliphatic rings. The highest BCUT2D eigenvalue weighted by Crippen LogP contribution is 2.23. The summed E-state index contributed by atoms with van der Waals surface area (Å²) in [5.41, 5.74) is 4.33. The Hall–Kier alpha value is -1.26. The lowest BCUT2D eigenvalue weighted by molar-refractivity contribution is 0.592. The summed E-state index contributed by atoms with van der Waals surface area (Å²) in [6, 6.07) is 5.32. The molecule has 1 N–H and O–H groups in total. The smallest absolute Gasteiger partial charge is 0.126 e. The van der Waals surface area contributed by atoms with Crippen LogP contribution in [0.4, 0.5) is 4.39 Å². The van der Waals surface area contributed by atoms with Crippen molar-refractivity contribution >= 4 is 11.3 Å². The molecule has 0 bridgehead atoms. The largest absolute Gasteiger partial charge is 0.305 e. The van der Waals surface area contributed by atoms with Crippen LogP contribution in [0, 0.1) is 12.7 Å². The van der Waals surface area contributed by atoms with E-state index in [1.165, 1.54) is 0 Å². The molecule has 2 nitrogen and oxygen atoms in total. The van der Waals surface area contributed by atoms with E-state index in [1.807, 2.05) is 18.4 Å². The Morgan fingerprint density at radius 2 is 2.29 bits per heavy atom. The molecular formula is C13H15FN2S. The minimum Gasteiger partial charge on any atom is -0.305 e. The van der Waals surface area contributed by atoms with E-state index in [9.17, 15) is 4.39 Å². The molecule has 0 saturated heterocycles. The Bertz CT molecular complexity index is 482. The third-order valence-electron chi connectivity index (χ3n) is 2.68. The maximum atomic E-state index is 13.6. The zero-order valence-corrected chi connectivity index (χ0v) is 10.7. The monoisotopic (exact) mass is 250 g/mol. The molecule has 0 radical (unpaired) electrons. The van der Waals surface area contributed by atoms with Crippen molar-refractivity contribution in [3.8, 4) is 0 Å². The minimum absolute atomic E-state index is 0.0265. The highest BCUT2D eigenvalue weighted by Gasteiger charge is 2.15. The van der Waals surface area contributed by atoms with Gasteiger partial charge in [-0.15, -0.1) is 11.3 Å². The number of aryl methyl sites for hydroxylation is 1. The van der Waals surface area contributed by atoms with E-state index >= 15 is 0 Å². The van der Waals surface area contributed by atoms with Gasteiger partial charge in [0, 0.05) is 5.38 Å². The van der Waals surface area contributed by atoms with Crippen LogP contribution in [0.3, 0.4) is 0 Å². The second-order valence-corrected chi connectivity index (χ2v) is 4.63. The van der Waals surface area contributed by atoms with Crippen LogP contribution in [0.5, 0.6) is 0 Å². The van der Waals surface area contributed by atoms with Gasteiger partial charge in [-0.25, -0.2) is 9.37 Å². The summed E-state index contributed by atoms with van der Waals surface area (Å²) in [6.07, 6.45) is 0. The van der Waals surface area contributed by atoms with Crippen LogP contribution < -0.4 is 5.32 Å². The Morgan fingerprint density at radius 1 is 1.47 bits per heavy atom. The fraction of sp³-hybridized carbons (Fsp3) is 0.308. The quantitative estimate of drug-likeness (QED) is 0.900. The van der Waals surface area contributed by atoms with Gasteiger partial charge in [-0.3, -0.25) is 0 Å². The summed E-state index contributed by atoms with van der Waals surface area (Å²) in [5.74, 6) is -0.166. The molecule has 1 aromatic heterocycles. The van der Waals surface area contributed by atoms with Gasteiger partial charge < -0.3 is 5.32 Å². The molecule has 0 aliphatic carbocycles. The Morgan fingerprint density at radius 3 is 2.88 bits per heavy atom. The van der Waals surface area contributed by atoms with Crippen LogP contribution in [0.2, 0.25) is 0 Å². The van der Waals surface area contributed by atoms with Crippen molar-refractivity contribution in [2.24, 2.45) is 0 Å². The molecule has 0 fully saturated rings. The van der Waals surface area contributed by atoms with Gasteiger partial charge in [0.2, 0.25) is 0 Å². The summed E-state index contributed by atoms with van der Waals surface area (Å²) in [6.45, 7) is 4.62. The first-order valence-corrected chi connectivity index (χ1v) is 6.54. The van der Waals surface area contributed by atoms with E-state index in [-0.39, 0.29) is 11.9 Å². The van der Waals surface area contributed by atoms with Crippen molar-refractivity contribution < 1.29 is 4.39 Å². The third kappa shape index (κ3) is 2.70. The lowest BCUT2D eigenvalue weighted by Crippen LogP contribution is -2.22. The molecule has 1 unspecified atom stereocenters. The van der Waals surface area contributed by atoms with Gasteiger partial charge in [0.15, 0.2) is 0 Å². The second kappa shape index (κ2) is 5.38. The molecule has 17 heavy (non-hydrogen) atoms. The van der Waals surface area contributed by atoms with Crippen LogP contribution in [0.15, 0.2) is 29.1 Å². The van der Waals surface area contributed by atoms with Gasteiger partial charge >= 0.3 is 0 Å². The lowest BCUT2D eigenvalue weighted by Gasteiger charge is -2.16. The molecular weight excluding hydrogens is 235 g/mol. The zero-order valence-electron chi connectivity index (χ0n) is 9.90. The number of aromatic nitrogens is 1. The third-order valence-corrected chi connectivity index (χ3v) is 3.29.